The fourth-order valence-electron chi connectivity index (χ4n) is 2.37. The van der Waals surface area contributed by atoms with Gasteiger partial charge in [-0.05, 0) is 30.8 Å². The molecule has 0 saturated heterocycles. The molecule has 0 aliphatic carbocycles. The second-order valence-corrected chi connectivity index (χ2v) is 4.58. The highest BCUT2D eigenvalue weighted by atomic mass is 19.1. The van der Waals surface area contributed by atoms with E-state index in [1.807, 2.05) is 30.3 Å². The molecule has 0 fully saturated rings. The van der Waals surface area contributed by atoms with Gasteiger partial charge in [-0.15, -0.1) is 0 Å². The van der Waals surface area contributed by atoms with E-state index in [9.17, 15) is 4.39 Å². The number of hydrogen-bond donors (Lipinski definition) is 1. The van der Waals surface area contributed by atoms with Gasteiger partial charge >= 0.3 is 0 Å². The van der Waals surface area contributed by atoms with Crippen molar-refractivity contribution in [2.75, 3.05) is 7.05 Å². The number of halogens is 1. The lowest BCUT2D eigenvalue weighted by molar-refractivity contribution is 0.570. The van der Waals surface area contributed by atoms with E-state index in [0.29, 0.717) is 5.56 Å². The van der Waals surface area contributed by atoms with E-state index < -0.39 is 0 Å². The second-order valence-electron chi connectivity index (χ2n) is 4.58. The van der Waals surface area contributed by atoms with Crippen LogP contribution in [0, 0.1) is 5.82 Å². The molecule has 0 saturated carbocycles. The monoisotopic (exact) mass is 267 g/mol. The Balaban J connectivity index is 2.10. The highest BCUT2D eigenvalue weighted by Gasteiger charge is 2.16. The summed E-state index contributed by atoms with van der Waals surface area (Å²) in [4.78, 5) is 8.21. The molecule has 0 amide bonds. The van der Waals surface area contributed by atoms with Gasteiger partial charge in [0.1, 0.15) is 5.82 Å². The van der Waals surface area contributed by atoms with Gasteiger partial charge in [-0.25, -0.2) is 4.39 Å². The van der Waals surface area contributed by atoms with E-state index in [0.717, 1.165) is 16.5 Å². The molecule has 0 aliphatic rings. The average molecular weight is 267 g/mol. The molecule has 3 aromatic rings. The third-order valence-corrected chi connectivity index (χ3v) is 3.35. The van der Waals surface area contributed by atoms with Crippen LogP contribution in [0.4, 0.5) is 4.39 Å². The molecule has 1 unspecified atom stereocenters. The molecule has 3 nitrogen and oxygen atoms in total. The molecule has 1 atom stereocenters. The number of rotatable bonds is 3. The van der Waals surface area contributed by atoms with Gasteiger partial charge < -0.3 is 5.32 Å². The highest BCUT2D eigenvalue weighted by molar-refractivity contribution is 5.78. The van der Waals surface area contributed by atoms with E-state index in [2.05, 4.69) is 15.3 Å². The van der Waals surface area contributed by atoms with Crippen molar-refractivity contribution in [3.63, 3.8) is 0 Å². The van der Waals surface area contributed by atoms with E-state index >= 15 is 0 Å². The summed E-state index contributed by atoms with van der Waals surface area (Å²) in [6.07, 6.45) is 4.61. The minimum Gasteiger partial charge on any atom is -0.309 e. The van der Waals surface area contributed by atoms with Gasteiger partial charge in [0.15, 0.2) is 0 Å². The van der Waals surface area contributed by atoms with Crippen molar-refractivity contribution in [1.82, 2.24) is 15.3 Å². The fraction of sp³-hybridized carbons (Fsp3) is 0.125. The van der Waals surface area contributed by atoms with E-state index in [1.54, 1.807) is 25.5 Å². The minimum atomic E-state index is -0.319. The highest BCUT2D eigenvalue weighted by Crippen LogP contribution is 2.25. The Labute approximate surface area is 116 Å². The van der Waals surface area contributed by atoms with Gasteiger partial charge in [-0.3, -0.25) is 9.97 Å². The van der Waals surface area contributed by atoms with Crippen LogP contribution in [-0.4, -0.2) is 17.0 Å². The summed E-state index contributed by atoms with van der Waals surface area (Å²) in [7, 11) is 1.81. The van der Waals surface area contributed by atoms with Crippen LogP contribution in [0.1, 0.15) is 17.2 Å². The van der Waals surface area contributed by atoms with Crippen LogP contribution in [0.3, 0.4) is 0 Å². The molecular weight excluding hydrogens is 253 g/mol. The van der Waals surface area contributed by atoms with Crippen LogP contribution in [-0.2, 0) is 0 Å². The molecule has 20 heavy (non-hydrogen) atoms. The zero-order chi connectivity index (χ0) is 13.9. The van der Waals surface area contributed by atoms with Crippen LogP contribution >= 0.6 is 0 Å². The van der Waals surface area contributed by atoms with Crippen molar-refractivity contribution in [2.45, 2.75) is 6.04 Å². The average Bonchev–Trinajstić information content (AvgIpc) is 2.50. The molecule has 0 radical (unpaired) electrons. The van der Waals surface area contributed by atoms with Crippen LogP contribution < -0.4 is 5.32 Å². The van der Waals surface area contributed by atoms with Crippen molar-refractivity contribution in [1.29, 1.82) is 0 Å². The summed E-state index contributed by atoms with van der Waals surface area (Å²) in [6.45, 7) is 0. The number of nitrogens with zero attached hydrogens (tertiary/aromatic N) is 2. The lowest BCUT2D eigenvalue weighted by Gasteiger charge is -2.17. The SMILES string of the molecule is CNC(c1cnc2ccccc2c1)c1ccncc1F. The Morgan fingerprint density at radius 1 is 1.15 bits per heavy atom. The molecule has 0 spiro atoms. The molecule has 3 rings (SSSR count). The summed E-state index contributed by atoms with van der Waals surface area (Å²) in [5, 5.41) is 4.17. The first-order valence-corrected chi connectivity index (χ1v) is 6.41. The van der Waals surface area contributed by atoms with Gasteiger partial charge in [0.2, 0.25) is 0 Å². The summed E-state index contributed by atoms with van der Waals surface area (Å²) in [5.74, 6) is -0.319. The Morgan fingerprint density at radius 2 is 2.00 bits per heavy atom. The molecule has 2 heterocycles. The van der Waals surface area contributed by atoms with Crippen molar-refractivity contribution in [3.05, 3.63) is 71.9 Å². The zero-order valence-corrected chi connectivity index (χ0v) is 11.0. The number of fused-ring (bicyclic) bond motifs is 1. The summed E-state index contributed by atoms with van der Waals surface area (Å²) < 4.78 is 13.9. The third-order valence-electron chi connectivity index (χ3n) is 3.35. The Hall–Kier alpha value is -2.33. The van der Waals surface area contributed by atoms with Crippen molar-refractivity contribution in [3.8, 4) is 0 Å². The third kappa shape index (κ3) is 2.26. The number of pyridine rings is 2. The molecule has 1 aromatic carbocycles. The Morgan fingerprint density at radius 3 is 2.80 bits per heavy atom. The molecular formula is C16H14FN3. The predicted molar refractivity (Wildman–Crippen MR) is 76.8 cm³/mol. The Bertz CT molecular complexity index is 742. The molecule has 2 aromatic heterocycles. The van der Waals surface area contributed by atoms with Crippen molar-refractivity contribution >= 4 is 10.9 Å². The first-order chi connectivity index (χ1) is 9.79. The van der Waals surface area contributed by atoms with Crippen LogP contribution in [0.25, 0.3) is 10.9 Å². The summed E-state index contributed by atoms with van der Waals surface area (Å²) in [6, 6.07) is 11.4. The zero-order valence-electron chi connectivity index (χ0n) is 11.0. The number of aromatic nitrogens is 2. The molecule has 0 bridgehead atoms. The normalized spacial score (nSPS) is 12.5. The number of nitrogens with one attached hydrogen (secondary N) is 1. The lowest BCUT2D eigenvalue weighted by Crippen LogP contribution is -2.19. The maximum atomic E-state index is 13.9. The fourth-order valence-corrected chi connectivity index (χ4v) is 2.37. The summed E-state index contributed by atoms with van der Waals surface area (Å²) in [5.41, 5.74) is 2.43. The topological polar surface area (TPSA) is 37.8 Å². The van der Waals surface area contributed by atoms with Crippen molar-refractivity contribution < 1.29 is 4.39 Å². The van der Waals surface area contributed by atoms with Gasteiger partial charge in [-0.2, -0.15) is 0 Å². The van der Waals surface area contributed by atoms with Crippen LogP contribution in [0.15, 0.2) is 55.0 Å². The quantitative estimate of drug-likeness (QED) is 0.792. The first kappa shape index (κ1) is 12.7. The first-order valence-electron chi connectivity index (χ1n) is 6.41. The van der Waals surface area contributed by atoms with E-state index in [-0.39, 0.29) is 11.9 Å². The second kappa shape index (κ2) is 5.35. The largest absolute Gasteiger partial charge is 0.309 e. The lowest BCUT2D eigenvalue weighted by atomic mass is 9.99. The van der Waals surface area contributed by atoms with Crippen molar-refractivity contribution in [2.24, 2.45) is 0 Å². The maximum absolute atomic E-state index is 13.9. The van der Waals surface area contributed by atoms with Crippen LogP contribution in [0.5, 0.6) is 0 Å². The predicted octanol–water partition coefficient (Wildman–Crippen LogP) is 3.08. The molecule has 1 N–H and O–H groups in total. The Kier molecular flexibility index (Phi) is 3.39. The molecule has 0 aliphatic heterocycles. The van der Waals surface area contributed by atoms with Gasteiger partial charge in [0.05, 0.1) is 17.8 Å². The van der Waals surface area contributed by atoms with Gasteiger partial charge in [0, 0.05) is 23.3 Å². The smallest absolute Gasteiger partial charge is 0.146 e. The number of benzene rings is 1. The molecule has 100 valence electrons. The van der Waals surface area contributed by atoms with E-state index in [1.165, 1.54) is 6.20 Å². The maximum Gasteiger partial charge on any atom is 0.146 e. The van der Waals surface area contributed by atoms with Crippen LogP contribution in [0.2, 0.25) is 0 Å². The van der Waals surface area contributed by atoms with Gasteiger partial charge in [-0.1, -0.05) is 18.2 Å². The minimum absolute atomic E-state index is 0.241. The van der Waals surface area contributed by atoms with E-state index in [4.69, 9.17) is 0 Å². The number of para-hydroxylation sites is 1. The number of hydrogen-bond acceptors (Lipinski definition) is 3. The molecule has 4 heteroatoms. The standard InChI is InChI=1S/C16H14FN3/c1-18-16(13-6-7-19-10-14(13)17)12-8-11-4-2-3-5-15(11)20-9-12/h2-10,16,18H,1H3. The summed E-state index contributed by atoms with van der Waals surface area (Å²) >= 11 is 0. The van der Waals surface area contributed by atoms with Gasteiger partial charge in [0.25, 0.3) is 0 Å².